The third-order valence-electron chi connectivity index (χ3n) is 4.73. The van der Waals surface area contributed by atoms with Crippen molar-refractivity contribution in [1.82, 2.24) is 4.90 Å². The van der Waals surface area contributed by atoms with Gasteiger partial charge in [0, 0.05) is 24.2 Å². The van der Waals surface area contributed by atoms with E-state index in [1.54, 1.807) is 31.4 Å². The number of carbonyl (C=O) groups is 1. The molecule has 0 fully saturated rings. The lowest BCUT2D eigenvalue weighted by molar-refractivity contribution is 0.102. The molecule has 0 aliphatic carbocycles. The molecule has 0 heterocycles. The number of anilines is 2. The van der Waals surface area contributed by atoms with Crippen molar-refractivity contribution in [3.05, 3.63) is 89.5 Å². The first-order valence-electron chi connectivity index (χ1n) is 9.63. The number of nitrogens with one attached hydrogen (secondary N) is 1. The second-order valence-corrected chi connectivity index (χ2v) is 6.90. The number of methoxy groups -OCH3 is 1. The molecule has 0 atom stereocenters. The summed E-state index contributed by atoms with van der Waals surface area (Å²) in [6.07, 6.45) is 5.57. The number of ether oxygens (including phenoxy) is 1. The van der Waals surface area contributed by atoms with Gasteiger partial charge in [-0.3, -0.25) is 9.69 Å². The largest absolute Gasteiger partial charge is 0.496 e. The third-order valence-corrected chi connectivity index (χ3v) is 4.73. The summed E-state index contributed by atoms with van der Waals surface area (Å²) in [5, 5.41) is 2.84. The summed E-state index contributed by atoms with van der Waals surface area (Å²) in [5.41, 5.74) is 9.73. The Hall–Kier alpha value is -3.75. The van der Waals surface area contributed by atoms with Crippen LogP contribution < -0.4 is 15.8 Å². The van der Waals surface area contributed by atoms with Crippen molar-refractivity contribution in [3.63, 3.8) is 0 Å². The highest BCUT2D eigenvalue weighted by Crippen LogP contribution is 2.21. The van der Waals surface area contributed by atoms with E-state index in [0.717, 1.165) is 16.9 Å². The minimum absolute atomic E-state index is 0.200. The predicted molar refractivity (Wildman–Crippen MR) is 121 cm³/mol. The van der Waals surface area contributed by atoms with Crippen molar-refractivity contribution in [2.75, 3.05) is 24.7 Å². The zero-order valence-corrected chi connectivity index (χ0v) is 17.0. The summed E-state index contributed by atoms with van der Waals surface area (Å²) < 4.78 is 5.44. The van der Waals surface area contributed by atoms with Crippen LogP contribution in [0.1, 0.15) is 21.5 Å². The number of hydrogen-bond donors (Lipinski definition) is 2. The number of benzene rings is 3. The number of hydrogen-bond acceptors (Lipinski definition) is 4. The molecular formula is C25H25N3O2. The molecule has 0 radical (unpaired) electrons. The van der Waals surface area contributed by atoms with Crippen LogP contribution in [0.3, 0.4) is 0 Å². The Morgan fingerprint density at radius 2 is 1.73 bits per heavy atom. The van der Waals surface area contributed by atoms with Gasteiger partial charge in [0.2, 0.25) is 0 Å². The molecule has 3 N–H and O–H groups in total. The van der Waals surface area contributed by atoms with Crippen LogP contribution in [0.5, 0.6) is 5.75 Å². The van der Waals surface area contributed by atoms with Crippen molar-refractivity contribution in [2.24, 2.45) is 0 Å². The van der Waals surface area contributed by atoms with Gasteiger partial charge in [0.1, 0.15) is 5.75 Å². The number of nitrogens with two attached hydrogens (primary N) is 1. The van der Waals surface area contributed by atoms with Gasteiger partial charge in [0.05, 0.1) is 25.0 Å². The molecule has 3 aromatic carbocycles. The number of terminal acetylenes is 1. The zero-order chi connectivity index (χ0) is 21.3. The van der Waals surface area contributed by atoms with Gasteiger partial charge in [-0.05, 0) is 35.9 Å². The Labute approximate surface area is 177 Å². The monoisotopic (exact) mass is 399 g/mol. The number of carbonyl (C=O) groups excluding carboxylic acids is 1. The highest BCUT2D eigenvalue weighted by Gasteiger charge is 2.11. The average Bonchev–Trinajstić information content (AvgIpc) is 2.76. The molecule has 0 saturated carbocycles. The summed E-state index contributed by atoms with van der Waals surface area (Å²) in [5.74, 6) is 3.36. The molecule has 0 aromatic heterocycles. The van der Waals surface area contributed by atoms with Crippen molar-refractivity contribution in [3.8, 4) is 18.1 Å². The Balaban J connectivity index is 1.67. The Morgan fingerprint density at radius 3 is 2.43 bits per heavy atom. The lowest BCUT2D eigenvalue weighted by atomic mass is 10.1. The Morgan fingerprint density at radius 1 is 1.03 bits per heavy atom. The molecule has 0 aliphatic heterocycles. The summed E-state index contributed by atoms with van der Waals surface area (Å²) >= 11 is 0. The topological polar surface area (TPSA) is 67.6 Å². The SMILES string of the molecule is C#CCN(Cc1ccc(C(=O)Nc2ccccc2N)cc1)Cc1ccccc1OC. The number of rotatable bonds is 8. The zero-order valence-electron chi connectivity index (χ0n) is 17.0. The van der Waals surface area contributed by atoms with Crippen LogP contribution in [-0.2, 0) is 13.1 Å². The van der Waals surface area contributed by atoms with E-state index < -0.39 is 0 Å². The van der Waals surface area contributed by atoms with E-state index in [2.05, 4.69) is 16.1 Å². The van der Waals surface area contributed by atoms with E-state index in [9.17, 15) is 4.79 Å². The van der Waals surface area contributed by atoms with Crippen LogP contribution in [0.4, 0.5) is 11.4 Å². The minimum atomic E-state index is -0.200. The van der Waals surface area contributed by atoms with Crippen molar-refractivity contribution < 1.29 is 9.53 Å². The molecule has 30 heavy (non-hydrogen) atoms. The highest BCUT2D eigenvalue weighted by molar-refractivity contribution is 6.05. The first-order valence-corrected chi connectivity index (χ1v) is 9.63. The normalized spacial score (nSPS) is 10.4. The van der Waals surface area contributed by atoms with Crippen molar-refractivity contribution >= 4 is 17.3 Å². The van der Waals surface area contributed by atoms with Gasteiger partial charge in [0.25, 0.3) is 5.91 Å². The number of amides is 1. The maximum atomic E-state index is 12.5. The average molecular weight is 399 g/mol. The number of para-hydroxylation sites is 3. The van der Waals surface area contributed by atoms with Crippen LogP contribution in [0.25, 0.3) is 0 Å². The van der Waals surface area contributed by atoms with Gasteiger partial charge in [-0.15, -0.1) is 6.42 Å². The Kier molecular flexibility index (Phi) is 7.09. The fraction of sp³-hybridized carbons (Fsp3) is 0.160. The molecule has 0 aliphatic rings. The third kappa shape index (κ3) is 5.40. The minimum Gasteiger partial charge on any atom is -0.496 e. The van der Waals surface area contributed by atoms with Gasteiger partial charge in [-0.2, -0.15) is 0 Å². The van der Waals surface area contributed by atoms with E-state index in [4.69, 9.17) is 16.9 Å². The highest BCUT2D eigenvalue weighted by atomic mass is 16.5. The molecule has 0 spiro atoms. The molecule has 152 valence electrons. The Bertz CT molecular complexity index is 1040. The summed E-state index contributed by atoms with van der Waals surface area (Å²) in [6, 6.07) is 22.6. The second-order valence-electron chi connectivity index (χ2n) is 6.90. The molecule has 0 saturated heterocycles. The summed E-state index contributed by atoms with van der Waals surface area (Å²) in [6.45, 7) is 1.84. The molecule has 0 unspecified atom stereocenters. The summed E-state index contributed by atoms with van der Waals surface area (Å²) in [4.78, 5) is 14.6. The van der Waals surface area contributed by atoms with E-state index in [1.807, 2.05) is 48.5 Å². The maximum absolute atomic E-state index is 12.5. The van der Waals surface area contributed by atoms with Crippen LogP contribution in [0.15, 0.2) is 72.8 Å². The maximum Gasteiger partial charge on any atom is 0.255 e. The molecule has 1 amide bonds. The summed E-state index contributed by atoms with van der Waals surface area (Å²) in [7, 11) is 1.66. The van der Waals surface area contributed by atoms with Gasteiger partial charge in [-0.25, -0.2) is 0 Å². The van der Waals surface area contributed by atoms with Gasteiger partial charge < -0.3 is 15.8 Å². The van der Waals surface area contributed by atoms with E-state index in [1.165, 1.54) is 0 Å². The lowest BCUT2D eigenvalue weighted by Crippen LogP contribution is -2.23. The van der Waals surface area contributed by atoms with E-state index >= 15 is 0 Å². The van der Waals surface area contributed by atoms with Gasteiger partial charge in [-0.1, -0.05) is 48.4 Å². The number of nitrogen functional groups attached to an aromatic ring is 1. The first kappa shape index (κ1) is 21.0. The standard InChI is InChI=1S/C25H25N3O2/c1-3-16-28(18-21-8-4-7-11-24(21)30-2)17-19-12-14-20(15-13-19)25(29)27-23-10-6-5-9-22(23)26/h1,4-15H,16-18,26H2,2H3,(H,27,29). The smallest absolute Gasteiger partial charge is 0.255 e. The van der Waals surface area contributed by atoms with Crippen LogP contribution in [-0.4, -0.2) is 24.5 Å². The van der Waals surface area contributed by atoms with Crippen molar-refractivity contribution in [2.45, 2.75) is 13.1 Å². The van der Waals surface area contributed by atoms with Crippen molar-refractivity contribution in [1.29, 1.82) is 0 Å². The van der Waals surface area contributed by atoms with Gasteiger partial charge in [0.15, 0.2) is 0 Å². The molecule has 3 rings (SSSR count). The molecular weight excluding hydrogens is 374 g/mol. The van der Waals surface area contributed by atoms with Crippen LogP contribution >= 0.6 is 0 Å². The quantitative estimate of drug-likeness (QED) is 0.441. The van der Waals surface area contributed by atoms with Crippen LogP contribution in [0.2, 0.25) is 0 Å². The van der Waals surface area contributed by atoms with Gasteiger partial charge >= 0.3 is 0 Å². The second kappa shape index (κ2) is 10.1. The predicted octanol–water partition coefficient (Wildman–Crippen LogP) is 4.17. The number of nitrogens with zero attached hydrogens (tertiary/aromatic N) is 1. The fourth-order valence-corrected chi connectivity index (χ4v) is 3.20. The van der Waals surface area contributed by atoms with Crippen LogP contribution in [0, 0.1) is 12.3 Å². The molecule has 0 bridgehead atoms. The molecule has 5 nitrogen and oxygen atoms in total. The lowest BCUT2D eigenvalue weighted by Gasteiger charge is -2.21. The molecule has 5 heteroatoms. The van der Waals surface area contributed by atoms with E-state index in [-0.39, 0.29) is 5.91 Å². The fourth-order valence-electron chi connectivity index (χ4n) is 3.20. The molecule has 3 aromatic rings. The first-order chi connectivity index (χ1) is 14.6. The van der Waals surface area contributed by atoms with E-state index in [0.29, 0.717) is 36.6 Å².